The zero-order valence-electron chi connectivity index (χ0n) is 14.5. The molecule has 0 aliphatic carbocycles. The van der Waals surface area contributed by atoms with E-state index in [0.29, 0.717) is 49.7 Å². The molecule has 138 valence electrons. The molecule has 0 saturated carbocycles. The number of carboxylic acid groups (broad SMARTS) is 1. The molecule has 1 N–H and O–H groups in total. The van der Waals surface area contributed by atoms with Gasteiger partial charge in [0.1, 0.15) is 11.6 Å². The predicted octanol–water partition coefficient (Wildman–Crippen LogP) is 1.43. The van der Waals surface area contributed by atoms with Crippen LogP contribution < -0.4 is 5.56 Å². The van der Waals surface area contributed by atoms with E-state index in [1.54, 1.807) is 18.2 Å². The molecule has 3 rings (SSSR count). The molecule has 1 aromatic carbocycles. The highest BCUT2D eigenvalue weighted by atomic mass is 16.4. The molecular weight excluding hydrogens is 336 g/mol. The highest BCUT2D eigenvalue weighted by Crippen LogP contribution is 2.19. The molecule has 1 aliphatic rings. The second-order valence-corrected chi connectivity index (χ2v) is 6.53. The van der Waals surface area contributed by atoms with E-state index in [2.05, 4.69) is 10.3 Å². The molecule has 8 nitrogen and oxygen atoms in total. The number of amides is 1. The van der Waals surface area contributed by atoms with Crippen LogP contribution in [0.2, 0.25) is 0 Å². The Kier molecular flexibility index (Phi) is 5.60. The molecule has 1 amide bonds. The van der Waals surface area contributed by atoms with Gasteiger partial charge in [0.05, 0.1) is 5.39 Å². The average molecular weight is 358 g/mol. The molecular formula is C18H22N4O4. The van der Waals surface area contributed by atoms with Crippen LogP contribution in [0.25, 0.3) is 10.9 Å². The van der Waals surface area contributed by atoms with Gasteiger partial charge in [-0.2, -0.15) is 0 Å². The number of aliphatic carboxylic acids is 1. The molecule has 26 heavy (non-hydrogen) atoms. The Labute approximate surface area is 150 Å². The number of unbranched alkanes of at least 4 members (excludes halogenated alkanes) is 2. The maximum Gasteiger partial charge on any atom is 0.326 e. The number of likely N-dealkylation sites (tertiary alicyclic amines) is 1. The van der Waals surface area contributed by atoms with Crippen LogP contribution in [0.5, 0.6) is 0 Å². The molecule has 0 bridgehead atoms. The number of aryl methyl sites for hydroxylation is 1. The largest absolute Gasteiger partial charge is 0.480 e. The van der Waals surface area contributed by atoms with Gasteiger partial charge in [0.25, 0.3) is 5.56 Å². The van der Waals surface area contributed by atoms with Crippen LogP contribution in [0.4, 0.5) is 0 Å². The molecule has 1 aliphatic heterocycles. The molecule has 2 aromatic rings. The fraction of sp³-hybridized carbons (Fsp3) is 0.500. The smallest absolute Gasteiger partial charge is 0.326 e. The second-order valence-electron chi connectivity index (χ2n) is 6.53. The molecule has 0 unspecified atom stereocenters. The van der Waals surface area contributed by atoms with Gasteiger partial charge in [0, 0.05) is 19.5 Å². The topological polar surface area (TPSA) is 105 Å². The fourth-order valence-corrected chi connectivity index (χ4v) is 3.35. The van der Waals surface area contributed by atoms with Crippen LogP contribution in [0.3, 0.4) is 0 Å². The minimum absolute atomic E-state index is 0.0995. The quantitative estimate of drug-likeness (QED) is 0.751. The summed E-state index contributed by atoms with van der Waals surface area (Å²) in [5.41, 5.74) is 0.422. The normalized spacial score (nSPS) is 16.9. The van der Waals surface area contributed by atoms with Crippen molar-refractivity contribution >= 4 is 22.8 Å². The van der Waals surface area contributed by atoms with Crippen molar-refractivity contribution in [3.8, 4) is 0 Å². The summed E-state index contributed by atoms with van der Waals surface area (Å²) in [4.78, 5) is 37.1. The molecule has 0 spiro atoms. The number of hydrogen-bond acceptors (Lipinski definition) is 5. The van der Waals surface area contributed by atoms with E-state index >= 15 is 0 Å². The van der Waals surface area contributed by atoms with Gasteiger partial charge in [-0.1, -0.05) is 23.8 Å². The summed E-state index contributed by atoms with van der Waals surface area (Å²) in [5.74, 6) is -1.03. The van der Waals surface area contributed by atoms with Crippen LogP contribution in [0, 0.1) is 0 Å². The Hall–Kier alpha value is -2.77. The van der Waals surface area contributed by atoms with E-state index in [1.165, 1.54) is 9.58 Å². The number of rotatable bonds is 7. The first-order valence-corrected chi connectivity index (χ1v) is 8.93. The monoisotopic (exact) mass is 358 g/mol. The Bertz CT molecular complexity index is 864. The number of carbonyl (C=O) groups is 2. The minimum atomic E-state index is -0.926. The lowest BCUT2D eigenvalue weighted by Crippen LogP contribution is -2.40. The molecule has 8 heteroatoms. The Balaban J connectivity index is 1.46. The second kappa shape index (κ2) is 8.07. The Morgan fingerprint density at radius 2 is 2.00 bits per heavy atom. The van der Waals surface area contributed by atoms with E-state index in [1.807, 2.05) is 6.07 Å². The fourth-order valence-electron chi connectivity index (χ4n) is 3.35. The summed E-state index contributed by atoms with van der Waals surface area (Å²) in [6, 6.07) is 6.42. The summed E-state index contributed by atoms with van der Waals surface area (Å²) in [6.07, 6.45) is 3.75. The van der Waals surface area contributed by atoms with Gasteiger partial charge in [0.2, 0.25) is 5.91 Å². The highest BCUT2D eigenvalue weighted by molar-refractivity contribution is 5.84. The van der Waals surface area contributed by atoms with Crippen LogP contribution in [0.15, 0.2) is 29.1 Å². The van der Waals surface area contributed by atoms with Gasteiger partial charge in [-0.3, -0.25) is 9.59 Å². The van der Waals surface area contributed by atoms with Crippen molar-refractivity contribution in [3.63, 3.8) is 0 Å². The SMILES string of the molecule is O=C(O)[C@H]1CCCN1C(=O)CCCCCn1nnc2ccccc2c1=O. The van der Waals surface area contributed by atoms with E-state index in [9.17, 15) is 14.4 Å². The Morgan fingerprint density at radius 3 is 2.81 bits per heavy atom. The molecule has 1 saturated heterocycles. The average Bonchev–Trinajstić information content (AvgIpc) is 3.13. The third kappa shape index (κ3) is 3.89. The lowest BCUT2D eigenvalue weighted by molar-refractivity contribution is -0.148. The van der Waals surface area contributed by atoms with Crippen LogP contribution in [-0.2, 0) is 16.1 Å². The van der Waals surface area contributed by atoms with E-state index in [0.717, 1.165) is 12.8 Å². The first kappa shape index (κ1) is 18.0. The van der Waals surface area contributed by atoms with Crippen molar-refractivity contribution in [2.45, 2.75) is 51.1 Å². The van der Waals surface area contributed by atoms with Gasteiger partial charge in [0.15, 0.2) is 0 Å². The zero-order valence-corrected chi connectivity index (χ0v) is 14.5. The van der Waals surface area contributed by atoms with Crippen molar-refractivity contribution in [2.75, 3.05) is 6.54 Å². The number of nitrogens with zero attached hydrogens (tertiary/aromatic N) is 4. The van der Waals surface area contributed by atoms with Crippen LogP contribution in [0.1, 0.15) is 38.5 Å². The van der Waals surface area contributed by atoms with E-state index in [-0.39, 0.29) is 11.5 Å². The minimum Gasteiger partial charge on any atom is -0.480 e. The highest BCUT2D eigenvalue weighted by Gasteiger charge is 2.33. The van der Waals surface area contributed by atoms with Crippen LogP contribution >= 0.6 is 0 Å². The summed E-state index contributed by atoms with van der Waals surface area (Å²) in [5, 5.41) is 17.7. The lowest BCUT2D eigenvalue weighted by atomic mass is 10.1. The first-order chi connectivity index (χ1) is 12.6. The Morgan fingerprint density at radius 1 is 1.19 bits per heavy atom. The summed E-state index contributed by atoms with van der Waals surface area (Å²) >= 11 is 0. The van der Waals surface area contributed by atoms with Gasteiger partial charge in [-0.15, -0.1) is 5.10 Å². The first-order valence-electron chi connectivity index (χ1n) is 8.93. The van der Waals surface area contributed by atoms with Crippen LogP contribution in [-0.4, -0.2) is 49.5 Å². The number of aromatic nitrogens is 3. The zero-order chi connectivity index (χ0) is 18.5. The standard InChI is InChI=1S/C18H22N4O4/c23-16(21-11-6-9-15(21)18(25)26)10-2-1-5-12-22-17(24)13-7-3-4-8-14(13)19-20-22/h3-4,7-8,15H,1-2,5-6,9-12H2,(H,25,26)/t15-/m1/s1. The number of benzene rings is 1. The lowest BCUT2D eigenvalue weighted by Gasteiger charge is -2.21. The molecule has 0 radical (unpaired) electrons. The molecule has 1 atom stereocenters. The molecule has 1 aromatic heterocycles. The number of carbonyl (C=O) groups excluding carboxylic acids is 1. The van der Waals surface area contributed by atoms with E-state index in [4.69, 9.17) is 5.11 Å². The number of carboxylic acids is 1. The van der Waals surface area contributed by atoms with Crippen molar-refractivity contribution in [3.05, 3.63) is 34.6 Å². The van der Waals surface area contributed by atoms with Crippen molar-refractivity contribution in [2.24, 2.45) is 0 Å². The number of fused-ring (bicyclic) bond motifs is 1. The van der Waals surface area contributed by atoms with Gasteiger partial charge in [-0.05, 0) is 37.8 Å². The maximum atomic E-state index is 12.3. The summed E-state index contributed by atoms with van der Waals surface area (Å²) in [6.45, 7) is 0.976. The summed E-state index contributed by atoms with van der Waals surface area (Å²) in [7, 11) is 0. The van der Waals surface area contributed by atoms with Gasteiger partial charge in [-0.25, -0.2) is 9.48 Å². The number of hydrogen-bond donors (Lipinski definition) is 1. The van der Waals surface area contributed by atoms with Crippen molar-refractivity contribution < 1.29 is 14.7 Å². The predicted molar refractivity (Wildman–Crippen MR) is 94.6 cm³/mol. The van der Waals surface area contributed by atoms with Crippen molar-refractivity contribution in [1.82, 2.24) is 19.9 Å². The molecule has 2 heterocycles. The third-order valence-corrected chi connectivity index (χ3v) is 4.75. The summed E-state index contributed by atoms with van der Waals surface area (Å²) < 4.78 is 1.35. The third-order valence-electron chi connectivity index (χ3n) is 4.75. The van der Waals surface area contributed by atoms with E-state index < -0.39 is 12.0 Å². The van der Waals surface area contributed by atoms with Crippen molar-refractivity contribution in [1.29, 1.82) is 0 Å². The molecule has 1 fully saturated rings. The van der Waals surface area contributed by atoms with Gasteiger partial charge >= 0.3 is 5.97 Å². The maximum absolute atomic E-state index is 12.3. The van der Waals surface area contributed by atoms with Gasteiger partial charge < -0.3 is 10.0 Å².